The zero-order valence-electron chi connectivity index (χ0n) is 13.8. The molecule has 0 aliphatic heterocycles. The molecule has 0 unspecified atom stereocenters. The molecule has 0 aliphatic carbocycles. The molecule has 116 valence electrons. The Balaban J connectivity index is 2.01. The van der Waals surface area contributed by atoms with Crippen molar-refractivity contribution in [2.75, 3.05) is 0 Å². The van der Waals surface area contributed by atoms with Crippen LogP contribution in [0.25, 0.3) is 17.2 Å². The lowest BCUT2D eigenvalue weighted by atomic mass is 9.98. The second-order valence-electron chi connectivity index (χ2n) is 6.00. The first-order valence-corrected chi connectivity index (χ1v) is 7.74. The summed E-state index contributed by atoms with van der Waals surface area (Å²) in [6, 6.07) is 12.1. The molecule has 1 aromatic heterocycles. The summed E-state index contributed by atoms with van der Waals surface area (Å²) in [7, 11) is 0. The van der Waals surface area contributed by atoms with Gasteiger partial charge in [-0.25, -0.2) is 9.13 Å². The van der Waals surface area contributed by atoms with Gasteiger partial charge in [0.15, 0.2) is 17.6 Å². The van der Waals surface area contributed by atoms with Crippen LogP contribution < -0.4 is 4.57 Å². The fourth-order valence-electron chi connectivity index (χ4n) is 2.97. The Bertz CT molecular complexity index is 919. The standard InChI is InChI=1S/C20H21N2O/c1-5-21-13-22(19-9-7-6-8-18(19)21)12-20(23)17-11-15(3)14(2)10-16(17)4/h5-11,13H,1,12H2,2-4H3/q+1. The second kappa shape index (κ2) is 5.84. The number of nitrogens with zero attached hydrogens (tertiary/aromatic N) is 2. The van der Waals surface area contributed by atoms with E-state index in [1.54, 1.807) is 6.20 Å². The van der Waals surface area contributed by atoms with Gasteiger partial charge in [0, 0.05) is 5.56 Å². The Labute approximate surface area is 136 Å². The fourth-order valence-corrected chi connectivity index (χ4v) is 2.97. The molecule has 0 spiro atoms. The Hall–Kier alpha value is -2.68. The summed E-state index contributed by atoms with van der Waals surface area (Å²) >= 11 is 0. The largest absolute Gasteiger partial charge is 0.290 e. The van der Waals surface area contributed by atoms with E-state index >= 15 is 0 Å². The number of benzene rings is 2. The molecular formula is C20H21N2O+. The molecule has 0 bridgehead atoms. The molecule has 23 heavy (non-hydrogen) atoms. The maximum Gasteiger partial charge on any atom is 0.249 e. The van der Waals surface area contributed by atoms with Gasteiger partial charge in [-0.15, -0.1) is 0 Å². The molecule has 1 heterocycles. The van der Waals surface area contributed by atoms with Gasteiger partial charge in [-0.05, 0) is 55.7 Å². The topological polar surface area (TPSA) is 25.9 Å². The van der Waals surface area contributed by atoms with Crippen LogP contribution in [0.15, 0.2) is 49.3 Å². The highest BCUT2D eigenvalue weighted by Gasteiger charge is 2.18. The van der Waals surface area contributed by atoms with Crippen LogP contribution in [-0.2, 0) is 6.54 Å². The molecule has 3 rings (SSSR count). The third kappa shape index (κ3) is 2.70. The van der Waals surface area contributed by atoms with Crippen molar-refractivity contribution < 1.29 is 9.36 Å². The molecule has 0 amide bonds. The molecule has 0 aliphatic rings. The van der Waals surface area contributed by atoms with Crippen LogP contribution in [0.4, 0.5) is 0 Å². The lowest BCUT2D eigenvalue weighted by Gasteiger charge is -2.08. The zero-order chi connectivity index (χ0) is 16.6. The Morgan fingerprint density at radius 1 is 1.13 bits per heavy atom. The number of hydrogen-bond acceptors (Lipinski definition) is 1. The van der Waals surface area contributed by atoms with E-state index in [1.165, 1.54) is 5.56 Å². The quantitative estimate of drug-likeness (QED) is 0.531. The third-order valence-electron chi connectivity index (χ3n) is 4.38. The van der Waals surface area contributed by atoms with E-state index in [0.29, 0.717) is 6.54 Å². The second-order valence-corrected chi connectivity index (χ2v) is 6.00. The van der Waals surface area contributed by atoms with E-state index < -0.39 is 0 Å². The van der Waals surface area contributed by atoms with Crippen molar-refractivity contribution in [1.29, 1.82) is 0 Å². The highest BCUT2D eigenvalue weighted by atomic mass is 16.1. The molecule has 0 radical (unpaired) electrons. The van der Waals surface area contributed by atoms with Crippen LogP contribution in [0.3, 0.4) is 0 Å². The van der Waals surface area contributed by atoms with Crippen molar-refractivity contribution in [3.8, 4) is 0 Å². The van der Waals surface area contributed by atoms with E-state index in [9.17, 15) is 4.79 Å². The van der Waals surface area contributed by atoms with Crippen LogP contribution in [0.2, 0.25) is 0 Å². The fraction of sp³-hybridized carbons (Fsp3) is 0.200. The van der Waals surface area contributed by atoms with Crippen molar-refractivity contribution in [3.63, 3.8) is 0 Å². The Morgan fingerprint density at radius 3 is 2.57 bits per heavy atom. The molecule has 0 fully saturated rings. The number of aromatic nitrogens is 2. The predicted molar refractivity (Wildman–Crippen MR) is 93.5 cm³/mol. The highest BCUT2D eigenvalue weighted by Crippen LogP contribution is 2.17. The summed E-state index contributed by atoms with van der Waals surface area (Å²) in [4.78, 5) is 12.8. The molecule has 3 aromatic rings. The van der Waals surface area contributed by atoms with Gasteiger partial charge >= 0.3 is 0 Å². The number of ketones is 1. The van der Waals surface area contributed by atoms with Gasteiger partial charge in [0.25, 0.3) is 0 Å². The smallest absolute Gasteiger partial charge is 0.249 e. The molecule has 0 saturated carbocycles. The summed E-state index contributed by atoms with van der Waals surface area (Å²) in [6.07, 6.45) is 3.68. The number of fused-ring (bicyclic) bond motifs is 1. The van der Waals surface area contributed by atoms with Crippen LogP contribution in [-0.4, -0.2) is 10.4 Å². The van der Waals surface area contributed by atoms with Crippen LogP contribution in [0.5, 0.6) is 0 Å². The third-order valence-corrected chi connectivity index (χ3v) is 4.38. The van der Waals surface area contributed by atoms with Gasteiger partial charge in [-0.3, -0.25) is 4.79 Å². The van der Waals surface area contributed by atoms with Crippen molar-refractivity contribution in [3.05, 3.63) is 71.6 Å². The first-order valence-electron chi connectivity index (χ1n) is 7.74. The number of hydrogen-bond donors (Lipinski definition) is 0. The summed E-state index contributed by atoms with van der Waals surface area (Å²) < 4.78 is 3.92. The van der Waals surface area contributed by atoms with Gasteiger partial charge in [0.2, 0.25) is 12.1 Å². The Kier molecular flexibility index (Phi) is 3.87. The summed E-state index contributed by atoms with van der Waals surface area (Å²) in [5.74, 6) is 0.127. The maximum atomic E-state index is 12.8. The van der Waals surface area contributed by atoms with Crippen molar-refractivity contribution in [1.82, 2.24) is 4.57 Å². The molecule has 2 aromatic carbocycles. The summed E-state index contributed by atoms with van der Waals surface area (Å²) in [5, 5.41) is 0. The summed E-state index contributed by atoms with van der Waals surface area (Å²) in [5.41, 5.74) is 6.28. The lowest BCUT2D eigenvalue weighted by Crippen LogP contribution is -2.37. The van der Waals surface area contributed by atoms with Gasteiger partial charge in [0.1, 0.15) is 0 Å². The van der Waals surface area contributed by atoms with Gasteiger partial charge in [0.05, 0.1) is 6.20 Å². The van der Waals surface area contributed by atoms with E-state index in [1.807, 2.05) is 59.6 Å². The maximum absolute atomic E-state index is 12.8. The number of imidazole rings is 1. The van der Waals surface area contributed by atoms with Crippen LogP contribution in [0, 0.1) is 20.8 Å². The predicted octanol–water partition coefficient (Wildman–Crippen LogP) is 3.84. The minimum atomic E-state index is 0.127. The molecular weight excluding hydrogens is 284 g/mol. The van der Waals surface area contributed by atoms with Crippen molar-refractivity contribution in [2.24, 2.45) is 0 Å². The molecule has 0 N–H and O–H groups in total. The average molecular weight is 305 g/mol. The van der Waals surface area contributed by atoms with E-state index in [-0.39, 0.29) is 5.78 Å². The SMILES string of the molecule is C=Cn1c[n+](CC(=O)c2cc(C)c(C)cc2C)c2ccccc21. The van der Waals surface area contributed by atoms with Gasteiger partial charge in [-0.2, -0.15) is 0 Å². The molecule has 3 heteroatoms. The summed E-state index contributed by atoms with van der Waals surface area (Å²) in [6.45, 7) is 10.3. The number of rotatable bonds is 4. The lowest BCUT2D eigenvalue weighted by molar-refractivity contribution is -0.657. The number of para-hydroxylation sites is 2. The minimum Gasteiger partial charge on any atom is -0.290 e. The molecule has 0 saturated heterocycles. The first-order chi connectivity index (χ1) is 11.0. The zero-order valence-corrected chi connectivity index (χ0v) is 13.8. The van der Waals surface area contributed by atoms with E-state index in [2.05, 4.69) is 19.6 Å². The Morgan fingerprint density at radius 2 is 1.83 bits per heavy atom. The van der Waals surface area contributed by atoms with Gasteiger partial charge in [-0.1, -0.05) is 24.8 Å². The number of aryl methyl sites for hydroxylation is 3. The molecule has 0 atom stereocenters. The highest BCUT2D eigenvalue weighted by molar-refractivity contribution is 5.97. The molecule has 3 nitrogen and oxygen atoms in total. The monoisotopic (exact) mass is 305 g/mol. The van der Waals surface area contributed by atoms with Crippen LogP contribution in [0.1, 0.15) is 27.0 Å². The van der Waals surface area contributed by atoms with Crippen molar-refractivity contribution >= 4 is 23.0 Å². The normalized spacial score (nSPS) is 10.9. The van der Waals surface area contributed by atoms with E-state index in [0.717, 1.165) is 27.7 Å². The van der Waals surface area contributed by atoms with Crippen LogP contribution >= 0.6 is 0 Å². The number of carbonyl (C=O) groups excluding carboxylic acids is 1. The average Bonchev–Trinajstić information content (AvgIpc) is 2.89. The van der Waals surface area contributed by atoms with E-state index in [4.69, 9.17) is 0 Å². The first kappa shape index (κ1) is 15.2. The van der Waals surface area contributed by atoms with Crippen molar-refractivity contribution in [2.45, 2.75) is 27.3 Å². The number of Topliss-reactive ketones (excluding diaryl/α,β-unsaturated/α-hetero) is 1. The number of carbonyl (C=O) groups is 1. The minimum absolute atomic E-state index is 0.127. The van der Waals surface area contributed by atoms with Gasteiger partial charge < -0.3 is 0 Å².